The minimum atomic E-state index is -0.902. The van der Waals surface area contributed by atoms with Gasteiger partial charge in [-0.15, -0.1) is 0 Å². The van der Waals surface area contributed by atoms with Gasteiger partial charge in [0.25, 0.3) is 0 Å². The third kappa shape index (κ3) is 2.40. The van der Waals surface area contributed by atoms with Crippen molar-refractivity contribution in [2.75, 3.05) is 18.0 Å². The number of halogens is 2. The molecule has 2 aromatic heterocycles. The van der Waals surface area contributed by atoms with Crippen LogP contribution in [-0.4, -0.2) is 28.2 Å². The van der Waals surface area contributed by atoms with Crippen LogP contribution in [-0.2, 0) is 0 Å². The van der Waals surface area contributed by atoms with Crippen LogP contribution in [0.15, 0.2) is 22.7 Å². The average Bonchev–Trinajstić information content (AvgIpc) is 3.19. The van der Waals surface area contributed by atoms with Crippen molar-refractivity contribution in [1.29, 1.82) is 0 Å². The Hall–Kier alpha value is -2.57. The summed E-state index contributed by atoms with van der Waals surface area (Å²) < 4.78 is 32.9. The monoisotopic (exact) mass is 330 g/mol. The molecule has 1 aliphatic heterocycles. The van der Waals surface area contributed by atoms with Gasteiger partial charge in [0.2, 0.25) is 5.89 Å². The van der Waals surface area contributed by atoms with E-state index in [0.717, 1.165) is 24.7 Å². The Labute approximate surface area is 137 Å². The van der Waals surface area contributed by atoms with Gasteiger partial charge >= 0.3 is 0 Å². The highest BCUT2D eigenvalue weighted by Crippen LogP contribution is 2.35. The van der Waals surface area contributed by atoms with Crippen molar-refractivity contribution in [3.05, 3.63) is 47.2 Å². The van der Waals surface area contributed by atoms with Crippen molar-refractivity contribution < 1.29 is 13.3 Å². The van der Waals surface area contributed by atoms with E-state index in [1.54, 1.807) is 19.9 Å². The molecule has 0 spiro atoms. The molecule has 0 saturated carbocycles. The molecule has 0 amide bonds. The first-order chi connectivity index (χ1) is 11.5. The molecule has 24 heavy (non-hydrogen) atoms. The van der Waals surface area contributed by atoms with Gasteiger partial charge < -0.3 is 9.42 Å². The van der Waals surface area contributed by atoms with E-state index in [2.05, 4.69) is 20.0 Å². The van der Waals surface area contributed by atoms with E-state index in [0.29, 0.717) is 29.3 Å². The summed E-state index contributed by atoms with van der Waals surface area (Å²) in [6.45, 7) is 5.04. The van der Waals surface area contributed by atoms with Crippen molar-refractivity contribution in [3.63, 3.8) is 0 Å². The zero-order valence-corrected chi connectivity index (χ0v) is 13.4. The maximum Gasteiger partial charge on any atom is 0.231 e. The molecular formula is C17H16F2N4O. The summed E-state index contributed by atoms with van der Waals surface area (Å²) >= 11 is 0. The van der Waals surface area contributed by atoms with Gasteiger partial charge in [0.1, 0.15) is 5.52 Å². The fraction of sp³-hybridized carbons (Fsp3) is 0.353. The van der Waals surface area contributed by atoms with E-state index < -0.39 is 11.6 Å². The zero-order valence-electron chi connectivity index (χ0n) is 13.4. The minimum absolute atomic E-state index is 0.0714. The van der Waals surface area contributed by atoms with Gasteiger partial charge in [0.15, 0.2) is 17.5 Å². The average molecular weight is 330 g/mol. The quantitative estimate of drug-likeness (QED) is 0.720. The first kappa shape index (κ1) is 15.0. The number of hydrogen-bond acceptors (Lipinski definition) is 5. The van der Waals surface area contributed by atoms with Crippen molar-refractivity contribution >= 4 is 16.6 Å². The Kier molecular flexibility index (Phi) is 3.44. The molecule has 1 unspecified atom stereocenters. The molecule has 4 rings (SSSR count). The van der Waals surface area contributed by atoms with Crippen LogP contribution in [0.4, 0.5) is 14.5 Å². The summed E-state index contributed by atoms with van der Waals surface area (Å²) in [5, 5.41) is 4.45. The Bertz CT molecular complexity index is 924. The van der Waals surface area contributed by atoms with E-state index in [1.807, 2.05) is 6.07 Å². The molecule has 1 fully saturated rings. The molecule has 0 radical (unpaired) electrons. The zero-order chi connectivity index (χ0) is 16.8. The summed E-state index contributed by atoms with van der Waals surface area (Å²) in [6, 6.07) is 4.63. The lowest BCUT2D eigenvalue weighted by molar-refractivity contribution is 0.356. The molecule has 1 aromatic carbocycles. The lowest BCUT2D eigenvalue weighted by atomic mass is 10.1. The van der Waals surface area contributed by atoms with E-state index in [9.17, 15) is 8.78 Å². The molecule has 5 nitrogen and oxygen atoms in total. The predicted octanol–water partition coefficient (Wildman–Crippen LogP) is 3.51. The Balaban J connectivity index is 1.73. The van der Waals surface area contributed by atoms with Gasteiger partial charge in [0, 0.05) is 29.9 Å². The first-order valence-corrected chi connectivity index (χ1v) is 7.83. The Morgan fingerprint density at radius 3 is 2.79 bits per heavy atom. The molecule has 3 aromatic rings. The fourth-order valence-corrected chi connectivity index (χ4v) is 3.26. The summed E-state index contributed by atoms with van der Waals surface area (Å²) in [5.74, 6) is -0.401. The first-order valence-electron chi connectivity index (χ1n) is 7.83. The third-order valence-corrected chi connectivity index (χ3v) is 4.40. The standard InChI is InChI=1S/C17H16F2N4O/c1-9-7-14(12-3-4-13(18)15(19)16(12)20-9)23-6-5-11(8-23)17-21-10(2)22-24-17/h3-4,7,11H,5-6,8H2,1-2H3. The van der Waals surface area contributed by atoms with Gasteiger partial charge in [-0.25, -0.2) is 13.8 Å². The Morgan fingerprint density at radius 1 is 1.21 bits per heavy atom. The van der Waals surface area contributed by atoms with Gasteiger partial charge in [-0.1, -0.05) is 5.16 Å². The molecule has 1 aliphatic rings. The maximum atomic E-state index is 14.1. The maximum absolute atomic E-state index is 14.1. The van der Waals surface area contributed by atoms with Gasteiger partial charge in [-0.3, -0.25) is 0 Å². The summed E-state index contributed by atoms with van der Waals surface area (Å²) in [6.07, 6.45) is 0.869. The lowest BCUT2D eigenvalue weighted by Gasteiger charge is -2.21. The van der Waals surface area contributed by atoms with Crippen molar-refractivity contribution in [1.82, 2.24) is 15.1 Å². The lowest BCUT2D eigenvalue weighted by Crippen LogP contribution is -2.20. The largest absolute Gasteiger partial charge is 0.370 e. The molecule has 0 aliphatic carbocycles. The number of anilines is 1. The van der Waals surface area contributed by atoms with Crippen LogP contribution in [0.5, 0.6) is 0 Å². The van der Waals surface area contributed by atoms with E-state index in [4.69, 9.17) is 4.52 Å². The normalized spacial score (nSPS) is 17.8. The molecule has 0 N–H and O–H groups in total. The van der Waals surface area contributed by atoms with E-state index >= 15 is 0 Å². The molecule has 124 valence electrons. The second-order valence-electron chi connectivity index (χ2n) is 6.15. The number of hydrogen-bond donors (Lipinski definition) is 0. The smallest absolute Gasteiger partial charge is 0.231 e. The number of rotatable bonds is 2. The van der Waals surface area contributed by atoms with E-state index in [-0.39, 0.29) is 11.4 Å². The van der Waals surface area contributed by atoms with Crippen LogP contribution >= 0.6 is 0 Å². The predicted molar refractivity (Wildman–Crippen MR) is 85.0 cm³/mol. The number of aromatic nitrogens is 3. The van der Waals surface area contributed by atoms with Crippen molar-refractivity contribution in [2.24, 2.45) is 0 Å². The van der Waals surface area contributed by atoms with Gasteiger partial charge in [0.05, 0.1) is 5.92 Å². The number of aryl methyl sites for hydroxylation is 2. The number of fused-ring (bicyclic) bond motifs is 1. The van der Waals surface area contributed by atoms with Gasteiger partial charge in [-0.05, 0) is 38.5 Å². The summed E-state index contributed by atoms with van der Waals surface area (Å²) in [7, 11) is 0. The van der Waals surface area contributed by atoms with E-state index in [1.165, 1.54) is 0 Å². The number of nitrogens with zero attached hydrogens (tertiary/aromatic N) is 4. The Morgan fingerprint density at radius 2 is 2.04 bits per heavy atom. The van der Waals surface area contributed by atoms with Crippen LogP contribution in [0.1, 0.15) is 29.7 Å². The highest BCUT2D eigenvalue weighted by molar-refractivity contribution is 5.92. The summed E-state index contributed by atoms with van der Waals surface area (Å²) in [4.78, 5) is 10.6. The van der Waals surface area contributed by atoms with Crippen LogP contribution in [0.2, 0.25) is 0 Å². The molecule has 3 heterocycles. The van der Waals surface area contributed by atoms with Crippen LogP contribution in [0.3, 0.4) is 0 Å². The number of benzene rings is 1. The molecule has 7 heteroatoms. The van der Waals surface area contributed by atoms with Gasteiger partial charge in [-0.2, -0.15) is 4.98 Å². The minimum Gasteiger partial charge on any atom is -0.370 e. The second-order valence-corrected chi connectivity index (χ2v) is 6.15. The highest BCUT2D eigenvalue weighted by Gasteiger charge is 2.29. The molecule has 1 saturated heterocycles. The van der Waals surface area contributed by atoms with Crippen LogP contribution in [0.25, 0.3) is 10.9 Å². The topological polar surface area (TPSA) is 55.1 Å². The van der Waals surface area contributed by atoms with Crippen molar-refractivity contribution in [2.45, 2.75) is 26.2 Å². The highest BCUT2D eigenvalue weighted by atomic mass is 19.2. The van der Waals surface area contributed by atoms with Crippen LogP contribution < -0.4 is 4.90 Å². The summed E-state index contributed by atoms with van der Waals surface area (Å²) in [5.41, 5.74) is 1.58. The third-order valence-electron chi connectivity index (χ3n) is 4.40. The second kappa shape index (κ2) is 5.51. The molecule has 0 bridgehead atoms. The molecule has 1 atom stereocenters. The number of pyridine rings is 1. The fourth-order valence-electron chi connectivity index (χ4n) is 3.26. The SMILES string of the molecule is Cc1cc(N2CCC(c3nc(C)no3)C2)c2ccc(F)c(F)c2n1. The van der Waals surface area contributed by atoms with Crippen LogP contribution in [0, 0.1) is 25.5 Å². The molecular weight excluding hydrogens is 314 g/mol. The van der Waals surface area contributed by atoms with Crippen molar-refractivity contribution in [3.8, 4) is 0 Å².